The molecule has 5 nitrogen and oxygen atoms in total. The lowest BCUT2D eigenvalue weighted by molar-refractivity contribution is 0.135. The van der Waals surface area contributed by atoms with E-state index in [2.05, 4.69) is 10.6 Å². The third-order valence-electron chi connectivity index (χ3n) is 1.70. The van der Waals surface area contributed by atoms with Gasteiger partial charge in [0.05, 0.1) is 13.3 Å². The van der Waals surface area contributed by atoms with Crippen molar-refractivity contribution in [3.05, 3.63) is 24.0 Å². The highest BCUT2D eigenvalue weighted by atomic mass is 16.3. The lowest BCUT2D eigenvalue weighted by atomic mass is 10.1. The number of nitrogens with one attached hydrogen (secondary N) is 2. The highest BCUT2D eigenvalue weighted by Gasteiger charge is 2.25. The lowest BCUT2D eigenvalue weighted by Gasteiger charge is -2.31. The van der Waals surface area contributed by atoms with Gasteiger partial charge in [0.15, 0.2) is 0 Å². The average molecular weight is 171 g/mol. The van der Waals surface area contributed by atoms with Crippen molar-refractivity contribution >= 4 is 0 Å². The summed E-state index contributed by atoms with van der Waals surface area (Å²) in [5, 5.41) is 23.1. The van der Waals surface area contributed by atoms with Crippen LogP contribution in [0.2, 0.25) is 0 Å². The van der Waals surface area contributed by atoms with Crippen LogP contribution in [0.5, 0.6) is 0 Å². The Morgan fingerprint density at radius 3 is 2.75 bits per heavy atom. The molecule has 0 bridgehead atoms. The van der Waals surface area contributed by atoms with E-state index in [0.717, 1.165) is 0 Å². The van der Waals surface area contributed by atoms with E-state index in [1.54, 1.807) is 18.4 Å². The molecule has 0 fully saturated rings. The second kappa shape index (κ2) is 3.57. The van der Waals surface area contributed by atoms with Crippen molar-refractivity contribution in [1.82, 2.24) is 10.6 Å². The maximum atomic E-state index is 9.00. The van der Waals surface area contributed by atoms with Crippen LogP contribution in [0.3, 0.4) is 0 Å². The highest BCUT2D eigenvalue weighted by Crippen LogP contribution is 2.07. The van der Waals surface area contributed by atoms with Gasteiger partial charge in [-0.2, -0.15) is 0 Å². The molecule has 0 saturated carbocycles. The summed E-state index contributed by atoms with van der Waals surface area (Å²) in [7, 11) is 0. The Hall–Kier alpha value is -1.04. The SMILES string of the molecule is NC1=CNC(CO)(NCO)C=C1. The number of aliphatic hydroxyl groups excluding tert-OH is 2. The number of dihydropyridines is 1. The van der Waals surface area contributed by atoms with Gasteiger partial charge in [0, 0.05) is 11.9 Å². The number of allylic oxidation sites excluding steroid dienone is 1. The average Bonchev–Trinajstić information content (AvgIpc) is 2.10. The second-order valence-corrected chi connectivity index (χ2v) is 2.59. The molecule has 0 spiro atoms. The molecule has 0 aromatic heterocycles. The van der Waals surface area contributed by atoms with Crippen molar-refractivity contribution < 1.29 is 10.2 Å². The largest absolute Gasteiger partial charge is 0.398 e. The molecular weight excluding hydrogens is 158 g/mol. The van der Waals surface area contributed by atoms with E-state index in [9.17, 15) is 0 Å². The summed E-state index contributed by atoms with van der Waals surface area (Å²) in [6, 6.07) is 0. The molecule has 0 amide bonds. The third-order valence-corrected chi connectivity index (χ3v) is 1.70. The van der Waals surface area contributed by atoms with E-state index < -0.39 is 5.66 Å². The standard InChI is InChI=1S/C7H13N3O2/c8-6-1-2-7(4-11,9-3-6)10-5-12/h1-3,9-12H,4-5,8H2. The number of hydrogen-bond acceptors (Lipinski definition) is 5. The fourth-order valence-electron chi connectivity index (χ4n) is 0.952. The van der Waals surface area contributed by atoms with Crippen LogP contribution < -0.4 is 16.4 Å². The van der Waals surface area contributed by atoms with Crippen LogP contribution in [0.15, 0.2) is 24.0 Å². The summed E-state index contributed by atoms with van der Waals surface area (Å²) in [5.41, 5.74) is 5.25. The van der Waals surface area contributed by atoms with Gasteiger partial charge in [0.25, 0.3) is 0 Å². The van der Waals surface area contributed by atoms with Gasteiger partial charge in [-0.25, -0.2) is 0 Å². The minimum Gasteiger partial charge on any atom is -0.398 e. The Morgan fingerprint density at radius 1 is 1.58 bits per heavy atom. The molecule has 1 rings (SSSR count). The first-order valence-electron chi connectivity index (χ1n) is 3.62. The number of aliphatic hydroxyl groups is 2. The molecule has 0 aromatic carbocycles. The maximum absolute atomic E-state index is 9.00. The molecule has 1 unspecified atom stereocenters. The van der Waals surface area contributed by atoms with Crippen LogP contribution in [0.1, 0.15) is 0 Å². The quantitative estimate of drug-likeness (QED) is 0.322. The van der Waals surface area contributed by atoms with E-state index in [1.165, 1.54) is 0 Å². The fraction of sp³-hybridized carbons (Fsp3) is 0.429. The molecule has 1 aliphatic heterocycles. The summed E-state index contributed by atoms with van der Waals surface area (Å²) in [6.07, 6.45) is 4.90. The van der Waals surface area contributed by atoms with Crippen LogP contribution >= 0.6 is 0 Å². The van der Waals surface area contributed by atoms with Gasteiger partial charge in [-0.15, -0.1) is 0 Å². The topological polar surface area (TPSA) is 90.5 Å². The Bertz CT molecular complexity index is 215. The van der Waals surface area contributed by atoms with E-state index >= 15 is 0 Å². The third kappa shape index (κ3) is 1.76. The van der Waals surface area contributed by atoms with Gasteiger partial charge < -0.3 is 21.3 Å². The zero-order valence-electron chi connectivity index (χ0n) is 6.62. The van der Waals surface area contributed by atoms with Crippen LogP contribution in [-0.4, -0.2) is 29.2 Å². The molecule has 1 aliphatic rings. The molecule has 0 aliphatic carbocycles. The summed E-state index contributed by atoms with van der Waals surface area (Å²) >= 11 is 0. The monoisotopic (exact) mass is 171 g/mol. The van der Waals surface area contributed by atoms with Gasteiger partial charge in [-0.3, -0.25) is 5.32 Å². The first-order valence-corrected chi connectivity index (χ1v) is 3.62. The predicted octanol–water partition coefficient (Wildman–Crippen LogP) is -1.83. The molecular formula is C7H13N3O2. The van der Waals surface area contributed by atoms with Crippen molar-refractivity contribution in [2.75, 3.05) is 13.3 Å². The van der Waals surface area contributed by atoms with Gasteiger partial charge >= 0.3 is 0 Å². The normalized spacial score (nSPS) is 28.0. The molecule has 6 N–H and O–H groups in total. The molecule has 0 aromatic rings. The smallest absolute Gasteiger partial charge is 0.133 e. The van der Waals surface area contributed by atoms with Crippen molar-refractivity contribution in [3.8, 4) is 0 Å². The van der Waals surface area contributed by atoms with Crippen molar-refractivity contribution in [3.63, 3.8) is 0 Å². The molecule has 5 heteroatoms. The van der Waals surface area contributed by atoms with E-state index in [1.807, 2.05) is 0 Å². The van der Waals surface area contributed by atoms with Crippen LogP contribution in [0, 0.1) is 0 Å². The Morgan fingerprint density at radius 2 is 2.33 bits per heavy atom. The zero-order chi connectivity index (χ0) is 9.03. The second-order valence-electron chi connectivity index (χ2n) is 2.59. The zero-order valence-corrected chi connectivity index (χ0v) is 6.62. The van der Waals surface area contributed by atoms with Gasteiger partial charge in [-0.05, 0) is 12.2 Å². The molecule has 0 radical (unpaired) electrons. The number of rotatable bonds is 3. The number of hydrogen-bond donors (Lipinski definition) is 5. The summed E-state index contributed by atoms with van der Waals surface area (Å²) in [4.78, 5) is 0. The minimum absolute atomic E-state index is 0.159. The van der Waals surface area contributed by atoms with Crippen molar-refractivity contribution in [1.29, 1.82) is 0 Å². The van der Waals surface area contributed by atoms with Gasteiger partial charge in [-0.1, -0.05) is 0 Å². The highest BCUT2D eigenvalue weighted by molar-refractivity contribution is 5.25. The molecule has 68 valence electrons. The summed E-state index contributed by atoms with van der Waals surface area (Å²) < 4.78 is 0. The predicted molar refractivity (Wildman–Crippen MR) is 44.6 cm³/mol. The Balaban J connectivity index is 2.66. The first kappa shape index (κ1) is 9.05. The molecule has 1 atom stereocenters. The minimum atomic E-state index is -0.780. The van der Waals surface area contributed by atoms with Crippen molar-refractivity contribution in [2.24, 2.45) is 5.73 Å². The van der Waals surface area contributed by atoms with Crippen LogP contribution in [-0.2, 0) is 0 Å². The molecule has 0 saturated heterocycles. The van der Waals surface area contributed by atoms with Crippen molar-refractivity contribution in [2.45, 2.75) is 5.66 Å². The summed E-state index contributed by atoms with van der Waals surface area (Å²) in [6.45, 7) is -0.376. The van der Waals surface area contributed by atoms with Gasteiger partial charge in [0.1, 0.15) is 5.66 Å². The van der Waals surface area contributed by atoms with Crippen LogP contribution in [0.4, 0.5) is 0 Å². The van der Waals surface area contributed by atoms with Crippen LogP contribution in [0.25, 0.3) is 0 Å². The van der Waals surface area contributed by atoms with E-state index in [0.29, 0.717) is 5.70 Å². The fourth-order valence-corrected chi connectivity index (χ4v) is 0.952. The maximum Gasteiger partial charge on any atom is 0.133 e. The number of nitrogens with two attached hydrogens (primary N) is 1. The Labute approximate surface area is 70.6 Å². The van der Waals surface area contributed by atoms with Gasteiger partial charge in [0.2, 0.25) is 0 Å². The Kier molecular flexibility index (Phi) is 2.69. The summed E-state index contributed by atoms with van der Waals surface area (Å²) in [5.74, 6) is 0. The van der Waals surface area contributed by atoms with E-state index in [4.69, 9.17) is 15.9 Å². The molecule has 1 heterocycles. The van der Waals surface area contributed by atoms with E-state index in [-0.39, 0.29) is 13.3 Å². The first-order chi connectivity index (χ1) is 5.72. The lowest BCUT2D eigenvalue weighted by Crippen LogP contribution is -2.57. The molecule has 12 heavy (non-hydrogen) atoms.